The normalized spacial score (nSPS) is 17.7. The number of carbonyl (C=O) groups excluding carboxylic acids is 3. The molecular weight excluding hydrogens is 438 g/mol. The summed E-state index contributed by atoms with van der Waals surface area (Å²) in [6, 6.07) is 7.45. The summed E-state index contributed by atoms with van der Waals surface area (Å²) in [7, 11) is 0. The molecule has 0 atom stereocenters. The molecule has 0 bridgehead atoms. The number of carbonyl (C=O) groups is 3. The third-order valence-electron chi connectivity index (χ3n) is 6.31. The number of aromatic nitrogens is 2. The minimum Gasteiger partial charge on any atom is -0.447 e. The minimum absolute atomic E-state index is 0.113. The van der Waals surface area contributed by atoms with E-state index in [0.717, 1.165) is 49.8 Å². The van der Waals surface area contributed by atoms with Crippen molar-refractivity contribution in [2.75, 3.05) is 18.1 Å². The molecule has 0 unspecified atom stereocenters. The smallest absolute Gasteiger partial charge is 0.414 e. The molecule has 1 aromatic heterocycles. The maximum Gasteiger partial charge on any atom is 0.414 e. The lowest BCUT2D eigenvalue weighted by Crippen LogP contribution is -2.45. The van der Waals surface area contributed by atoms with Gasteiger partial charge >= 0.3 is 6.09 Å². The van der Waals surface area contributed by atoms with Gasteiger partial charge in [0.05, 0.1) is 6.54 Å². The van der Waals surface area contributed by atoms with Crippen molar-refractivity contribution in [3.63, 3.8) is 0 Å². The van der Waals surface area contributed by atoms with Crippen LogP contribution in [0.15, 0.2) is 28.8 Å². The first-order chi connectivity index (χ1) is 16.4. The Labute approximate surface area is 198 Å². The first kappa shape index (κ1) is 23.7. The highest BCUT2D eigenvalue weighted by Crippen LogP contribution is 2.34. The van der Waals surface area contributed by atoms with E-state index in [0.29, 0.717) is 37.8 Å². The number of anilines is 1. The molecule has 0 radical (unpaired) electrons. The largest absolute Gasteiger partial charge is 0.447 e. The fourth-order valence-electron chi connectivity index (χ4n) is 4.60. The molecule has 10 heteroatoms. The van der Waals surface area contributed by atoms with Crippen LogP contribution in [-0.2, 0) is 32.8 Å². The molecule has 2 aliphatic rings. The minimum atomic E-state index is -0.598. The van der Waals surface area contributed by atoms with Crippen molar-refractivity contribution in [3.05, 3.63) is 41.5 Å². The Morgan fingerprint density at radius 2 is 1.97 bits per heavy atom. The number of hydrogen-bond acceptors (Lipinski definition) is 7. The van der Waals surface area contributed by atoms with Crippen molar-refractivity contribution in [2.24, 2.45) is 0 Å². The number of nitrogens with one attached hydrogen (secondary N) is 2. The zero-order chi connectivity index (χ0) is 24.0. The third kappa shape index (κ3) is 5.73. The van der Waals surface area contributed by atoms with Gasteiger partial charge in [0.25, 0.3) is 0 Å². The summed E-state index contributed by atoms with van der Waals surface area (Å²) < 4.78 is 10.4. The zero-order valence-corrected chi connectivity index (χ0v) is 19.5. The van der Waals surface area contributed by atoms with Crippen LogP contribution in [0.3, 0.4) is 0 Å². The maximum atomic E-state index is 12.4. The van der Waals surface area contributed by atoms with Crippen LogP contribution < -0.4 is 15.5 Å². The van der Waals surface area contributed by atoms with Crippen LogP contribution in [0.2, 0.25) is 0 Å². The van der Waals surface area contributed by atoms with Gasteiger partial charge in [-0.1, -0.05) is 43.0 Å². The highest BCUT2D eigenvalue weighted by Gasteiger charge is 2.38. The Kier molecular flexibility index (Phi) is 7.44. The SMILES string of the molecule is CC(=O)NC1(c2noc(CCC(=O)NCc3cccc(N4CCOC4=O)c3)n2)CCCCCC1. The Bertz CT molecular complexity index is 1030. The second kappa shape index (κ2) is 10.7. The fraction of sp³-hybridized carbons (Fsp3) is 0.542. The molecule has 1 aliphatic heterocycles. The van der Waals surface area contributed by atoms with Gasteiger partial charge in [0.2, 0.25) is 17.7 Å². The molecular formula is C24H31N5O5. The van der Waals surface area contributed by atoms with Crippen LogP contribution in [0.4, 0.5) is 10.5 Å². The Hall–Kier alpha value is -3.43. The van der Waals surface area contributed by atoms with Crippen LogP contribution in [0.25, 0.3) is 0 Å². The number of cyclic esters (lactones) is 1. The Morgan fingerprint density at radius 1 is 1.18 bits per heavy atom. The number of hydrogen-bond donors (Lipinski definition) is 2. The predicted octanol–water partition coefficient (Wildman–Crippen LogP) is 2.96. The van der Waals surface area contributed by atoms with E-state index in [1.54, 1.807) is 4.90 Å². The standard InChI is InChI=1S/C24H31N5O5/c1-17(30)27-24(11-4-2-3-5-12-24)22-26-21(34-28-22)10-9-20(31)25-16-18-7-6-8-19(15-18)29-13-14-33-23(29)32/h6-8,15H,2-5,9-14,16H2,1H3,(H,25,31)(H,27,30). The molecule has 2 aromatic rings. The average Bonchev–Trinajstić information content (AvgIpc) is 3.41. The number of aryl methyl sites for hydroxylation is 1. The van der Waals surface area contributed by atoms with Crippen molar-refractivity contribution in [1.29, 1.82) is 0 Å². The van der Waals surface area contributed by atoms with Crippen LogP contribution in [-0.4, -0.2) is 41.2 Å². The van der Waals surface area contributed by atoms with E-state index in [4.69, 9.17) is 9.26 Å². The first-order valence-corrected chi connectivity index (χ1v) is 11.9. The monoisotopic (exact) mass is 469 g/mol. The summed E-state index contributed by atoms with van der Waals surface area (Å²) in [5, 5.41) is 10.1. The summed E-state index contributed by atoms with van der Waals surface area (Å²) >= 11 is 0. The van der Waals surface area contributed by atoms with Gasteiger partial charge in [-0.3, -0.25) is 14.5 Å². The first-order valence-electron chi connectivity index (χ1n) is 11.9. The number of rotatable bonds is 8. The van der Waals surface area contributed by atoms with Gasteiger partial charge in [0, 0.05) is 32.0 Å². The summed E-state index contributed by atoms with van der Waals surface area (Å²) in [6.07, 6.45) is 5.94. The van der Waals surface area contributed by atoms with Crippen molar-refractivity contribution in [2.45, 2.75) is 70.4 Å². The molecule has 34 heavy (non-hydrogen) atoms. The molecule has 2 fully saturated rings. The van der Waals surface area contributed by atoms with Gasteiger partial charge in [-0.2, -0.15) is 4.98 Å². The molecule has 1 saturated heterocycles. The average molecular weight is 470 g/mol. The molecule has 1 aliphatic carbocycles. The van der Waals surface area contributed by atoms with Gasteiger partial charge in [0.1, 0.15) is 12.1 Å². The second-order valence-electron chi connectivity index (χ2n) is 8.90. The molecule has 1 aromatic carbocycles. The summed E-state index contributed by atoms with van der Waals surface area (Å²) in [5.41, 5.74) is 1.04. The van der Waals surface area contributed by atoms with Crippen molar-refractivity contribution in [3.8, 4) is 0 Å². The highest BCUT2D eigenvalue weighted by atomic mass is 16.6. The molecule has 2 heterocycles. The number of benzene rings is 1. The highest BCUT2D eigenvalue weighted by molar-refractivity contribution is 5.89. The van der Waals surface area contributed by atoms with E-state index in [-0.39, 0.29) is 24.3 Å². The molecule has 4 rings (SSSR count). The van der Waals surface area contributed by atoms with Crippen molar-refractivity contribution < 1.29 is 23.6 Å². The van der Waals surface area contributed by atoms with E-state index >= 15 is 0 Å². The molecule has 0 spiro atoms. The Balaban J connectivity index is 1.31. The van der Waals surface area contributed by atoms with Gasteiger partial charge in [-0.15, -0.1) is 0 Å². The maximum absolute atomic E-state index is 12.4. The molecule has 10 nitrogen and oxygen atoms in total. The van der Waals surface area contributed by atoms with Gasteiger partial charge in [-0.25, -0.2) is 4.79 Å². The van der Waals surface area contributed by atoms with E-state index in [1.807, 2.05) is 24.3 Å². The number of amides is 3. The van der Waals surface area contributed by atoms with Crippen molar-refractivity contribution in [1.82, 2.24) is 20.8 Å². The second-order valence-corrected chi connectivity index (χ2v) is 8.90. The van der Waals surface area contributed by atoms with Crippen LogP contribution >= 0.6 is 0 Å². The number of ether oxygens (including phenoxy) is 1. The van der Waals surface area contributed by atoms with E-state index in [2.05, 4.69) is 20.8 Å². The van der Waals surface area contributed by atoms with Crippen LogP contribution in [0.1, 0.15) is 69.1 Å². The predicted molar refractivity (Wildman–Crippen MR) is 123 cm³/mol. The van der Waals surface area contributed by atoms with Gasteiger partial charge < -0.3 is 19.9 Å². The molecule has 1 saturated carbocycles. The summed E-state index contributed by atoms with van der Waals surface area (Å²) in [5.74, 6) is 0.626. The molecule has 3 amide bonds. The van der Waals surface area contributed by atoms with Crippen LogP contribution in [0, 0.1) is 0 Å². The fourth-order valence-corrected chi connectivity index (χ4v) is 4.60. The Morgan fingerprint density at radius 3 is 2.68 bits per heavy atom. The quantitative estimate of drug-likeness (QED) is 0.569. The summed E-state index contributed by atoms with van der Waals surface area (Å²) in [4.78, 5) is 42.1. The molecule has 2 N–H and O–H groups in total. The van der Waals surface area contributed by atoms with Crippen LogP contribution in [0.5, 0.6) is 0 Å². The molecule has 182 valence electrons. The zero-order valence-electron chi connectivity index (χ0n) is 19.5. The third-order valence-corrected chi connectivity index (χ3v) is 6.31. The van der Waals surface area contributed by atoms with Gasteiger partial charge in [-0.05, 0) is 30.5 Å². The lowest BCUT2D eigenvalue weighted by atomic mass is 9.89. The van der Waals surface area contributed by atoms with E-state index in [9.17, 15) is 14.4 Å². The topological polar surface area (TPSA) is 127 Å². The van der Waals surface area contributed by atoms with Crippen molar-refractivity contribution >= 4 is 23.6 Å². The number of nitrogens with zero attached hydrogens (tertiary/aromatic N) is 3. The lowest BCUT2D eigenvalue weighted by Gasteiger charge is -2.30. The van der Waals surface area contributed by atoms with E-state index in [1.165, 1.54) is 6.92 Å². The summed E-state index contributed by atoms with van der Waals surface area (Å²) in [6.45, 7) is 2.74. The lowest BCUT2D eigenvalue weighted by molar-refractivity contribution is -0.122. The van der Waals surface area contributed by atoms with Gasteiger partial charge in [0.15, 0.2) is 5.82 Å². The van der Waals surface area contributed by atoms with E-state index < -0.39 is 5.54 Å².